The Morgan fingerprint density at radius 2 is 1.57 bits per heavy atom. The average molecular weight is 290 g/mol. The summed E-state index contributed by atoms with van der Waals surface area (Å²) in [6.45, 7) is 10.6. The van der Waals surface area contributed by atoms with E-state index < -0.39 is 5.97 Å². The maximum atomic E-state index is 11.0. The molecule has 0 spiro atoms. The number of carbonyl (C=O) groups is 1. The first kappa shape index (κ1) is 17.7. The minimum Gasteiger partial charge on any atom is -0.481 e. The second kappa shape index (κ2) is 8.21. The fraction of sp³-hybridized carbons (Fsp3) is 0.632. The van der Waals surface area contributed by atoms with Gasteiger partial charge in [-0.15, -0.1) is 0 Å². The van der Waals surface area contributed by atoms with Gasteiger partial charge in [0.25, 0.3) is 0 Å². The predicted molar refractivity (Wildman–Crippen MR) is 89.2 cm³/mol. The van der Waals surface area contributed by atoms with E-state index in [9.17, 15) is 4.79 Å². The normalized spacial score (nSPS) is 25.7. The van der Waals surface area contributed by atoms with E-state index in [4.69, 9.17) is 5.11 Å². The van der Waals surface area contributed by atoms with Gasteiger partial charge < -0.3 is 5.11 Å². The van der Waals surface area contributed by atoms with Crippen LogP contribution in [0.5, 0.6) is 0 Å². The number of carboxylic acid groups (broad SMARTS) is 1. The lowest BCUT2D eigenvalue weighted by Gasteiger charge is -2.01. The van der Waals surface area contributed by atoms with Crippen molar-refractivity contribution in [2.75, 3.05) is 0 Å². The van der Waals surface area contributed by atoms with Gasteiger partial charge in [-0.2, -0.15) is 0 Å². The highest BCUT2D eigenvalue weighted by atomic mass is 16.4. The molecule has 0 aromatic heterocycles. The van der Waals surface area contributed by atoms with Gasteiger partial charge in [0.05, 0.1) is 5.92 Å². The van der Waals surface area contributed by atoms with Crippen molar-refractivity contribution in [3.8, 4) is 0 Å². The zero-order chi connectivity index (χ0) is 16.0. The summed E-state index contributed by atoms with van der Waals surface area (Å²) in [5.74, 6) is -0.239. The van der Waals surface area contributed by atoms with Crippen LogP contribution < -0.4 is 0 Å². The lowest BCUT2D eigenvalue weighted by molar-refractivity contribution is -0.139. The van der Waals surface area contributed by atoms with Crippen LogP contribution in [0.1, 0.15) is 60.3 Å². The zero-order valence-electron chi connectivity index (χ0n) is 14.1. The molecular formula is C19H30O2. The Labute approximate surface area is 129 Å². The van der Waals surface area contributed by atoms with Crippen LogP contribution in [-0.4, -0.2) is 11.1 Å². The van der Waals surface area contributed by atoms with E-state index >= 15 is 0 Å². The fourth-order valence-corrected chi connectivity index (χ4v) is 2.79. The molecule has 0 amide bonds. The Morgan fingerprint density at radius 1 is 1.00 bits per heavy atom. The number of carboxylic acids is 1. The SMILES string of the molecule is CC(C)=CCC/C(C)=C/CC/C(C)=C/[C@H]1[C@H](C)[C@@H]1C(=O)O. The molecule has 1 aliphatic carbocycles. The lowest BCUT2D eigenvalue weighted by atomic mass is 10.1. The van der Waals surface area contributed by atoms with Gasteiger partial charge >= 0.3 is 5.97 Å². The van der Waals surface area contributed by atoms with Crippen molar-refractivity contribution in [3.63, 3.8) is 0 Å². The maximum Gasteiger partial charge on any atom is 0.307 e. The Kier molecular flexibility index (Phi) is 6.94. The molecular weight excluding hydrogens is 260 g/mol. The van der Waals surface area contributed by atoms with Crippen molar-refractivity contribution in [2.24, 2.45) is 17.8 Å². The first-order chi connectivity index (χ1) is 9.82. The van der Waals surface area contributed by atoms with Crippen LogP contribution in [0.4, 0.5) is 0 Å². The first-order valence-electron chi connectivity index (χ1n) is 8.02. The minimum atomic E-state index is -0.647. The summed E-state index contributed by atoms with van der Waals surface area (Å²) < 4.78 is 0. The molecule has 0 aromatic carbocycles. The van der Waals surface area contributed by atoms with Gasteiger partial charge in [0.15, 0.2) is 0 Å². The number of hydrogen-bond acceptors (Lipinski definition) is 1. The Morgan fingerprint density at radius 3 is 2.10 bits per heavy atom. The predicted octanol–water partition coefficient (Wildman–Crippen LogP) is 5.37. The quantitative estimate of drug-likeness (QED) is 0.610. The average Bonchev–Trinajstić information content (AvgIpc) is 2.98. The molecule has 2 nitrogen and oxygen atoms in total. The third-order valence-corrected chi connectivity index (χ3v) is 4.33. The summed E-state index contributed by atoms with van der Waals surface area (Å²) in [7, 11) is 0. The third kappa shape index (κ3) is 6.33. The number of aliphatic carboxylic acids is 1. The van der Waals surface area contributed by atoms with Crippen molar-refractivity contribution < 1.29 is 9.90 Å². The number of rotatable bonds is 8. The van der Waals surface area contributed by atoms with Crippen molar-refractivity contribution >= 4 is 5.97 Å². The van der Waals surface area contributed by atoms with Crippen molar-refractivity contribution in [1.29, 1.82) is 0 Å². The van der Waals surface area contributed by atoms with Crippen molar-refractivity contribution in [3.05, 3.63) is 34.9 Å². The Balaban J connectivity index is 2.32. The van der Waals surface area contributed by atoms with E-state index in [1.807, 2.05) is 6.92 Å². The zero-order valence-corrected chi connectivity index (χ0v) is 14.1. The molecule has 118 valence electrons. The molecule has 2 heteroatoms. The number of hydrogen-bond donors (Lipinski definition) is 1. The summed E-state index contributed by atoms with van der Waals surface area (Å²) in [6, 6.07) is 0. The summed E-state index contributed by atoms with van der Waals surface area (Å²) in [5.41, 5.74) is 4.15. The molecule has 0 aliphatic heterocycles. The molecule has 3 atom stereocenters. The van der Waals surface area contributed by atoms with E-state index in [0.29, 0.717) is 5.92 Å². The van der Waals surface area contributed by atoms with Gasteiger partial charge in [-0.05, 0) is 65.2 Å². The second-order valence-corrected chi connectivity index (χ2v) is 6.72. The van der Waals surface area contributed by atoms with Crippen molar-refractivity contribution in [2.45, 2.75) is 60.3 Å². The van der Waals surface area contributed by atoms with Crippen LogP contribution in [0.25, 0.3) is 0 Å². The highest BCUT2D eigenvalue weighted by Crippen LogP contribution is 2.47. The summed E-state index contributed by atoms with van der Waals surface area (Å²) in [4.78, 5) is 11.0. The number of allylic oxidation sites excluding steroid dienone is 6. The first-order valence-corrected chi connectivity index (χ1v) is 8.02. The second-order valence-electron chi connectivity index (χ2n) is 6.72. The van der Waals surface area contributed by atoms with E-state index in [1.54, 1.807) is 0 Å². The highest BCUT2D eigenvalue weighted by molar-refractivity contribution is 5.74. The molecule has 21 heavy (non-hydrogen) atoms. The van der Waals surface area contributed by atoms with Crippen LogP contribution in [0, 0.1) is 17.8 Å². The molecule has 1 fully saturated rings. The van der Waals surface area contributed by atoms with Gasteiger partial charge in [-0.3, -0.25) is 4.79 Å². The summed E-state index contributed by atoms with van der Waals surface area (Å²) >= 11 is 0. The maximum absolute atomic E-state index is 11.0. The Hall–Kier alpha value is -1.31. The van der Waals surface area contributed by atoms with E-state index in [-0.39, 0.29) is 11.8 Å². The molecule has 1 rings (SSSR count). The highest BCUT2D eigenvalue weighted by Gasteiger charge is 2.50. The summed E-state index contributed by atoms with van der Waals surface area (Å²) in [6.07, 6.45) is 11.1. The molecule has 0 radical (unpaired) electrons. The van der Waals surface area contributed by atoms with Crippen LogP contribution in [0.3, 0.4) is 0 Å². The van der Waals surface area contributed by atoms with Gasteiger partial charge in [-0.1, -0.05) is 41.9 Å². The van der Waals surface area contributed by atoms with E-state index in [0.717, 1.165) is 25.7 Å². The summed E-state index contributed by atoms with van der Waals surface area (Å²) in [5, 5.41) is 9.03. The molecule has 0 aromatic rings. The van der Waals surface area contributed by atoms with Crippen LogP contribution in [-0.2, 0) is 4.79 Å². The lowest BCUT2D eigenvalue weighted by Crippen LogP contribution is -1.99. The molecule has 0 unspecified atom stereocenters. The largest absolute Gasteiger partial charge is 0.481 e. The van der Waals surface area contributed by atoms with E-state index in [2.05, 4.69) is 45.9 Å². The third-order valence-electron chi connectivity index (χ3n) is 4.33. The fourth-order valence-electron chi connectivity index (χ4n) is 2.79. The van der Waals surface area contributed by atoms with Crippen LogP contribution in [0.15, 0.2) is 34.9 Å². The molecule has 1 N–H and O–H groups in total. The van der Waals surface area contributed by atoms with Crippen molar-refractivity contribution in [1.82, 2.24) is 0 Å². The molecule has 0 heterocycles. The standard InChI is InChI=1S/C19H30O2/c1-13(2)8-6-9-14(3)10-7-11-15(4)12-17-16(5)18(17)19(20)21/h8,10,12,16-18H,6-7,9,11H2,1-5H3,(H,20,21)/b14-10+,15-12+/t16-,17-,18-/m0/s1. The Bertz CT molecular complexity index is 450. The smallest absolute Gasteiger partial charge is 0.307 e. The minimum absolute atomic E-state index is 0.152. The van der Waals surface area contributed by atoms with Gasteiger partial charge in [0.1, 0.15) is 0 Å². The van der Waals surface area contributed by atoms with Gasteiger partial charge in [-0.25, -0.2) is 0 Å². The van der Waals surface area contributed by atoms with Gasteiger partial charge in [0.2, 0.25) is 0 Å². The van der Waals surface area contributed by atoms with Crippen LogP contribution >= 0.6 is 0 Å². The molecule has 1 aliphatic rings. The van der Waals surface area contributed by atoms with Crippen LogP contribution in [0.2, 0.25) is 0 Å². The monoisotopic (exact) mass is 290 g/mol. The van der Waals surface area contributed by atoms with E-state index in [1.165, 1.54) is 16.7 Å². The molecule has 0 saturated heterocycles. The van der Waals surface area contributed by atoms with Gasteiger partial charge in [0, 0.05) is 0 Å². The topological polar surface area (TPSA) is 37.3 Å². The molecule has 1 saturated carbocycles. The molecule has 0 bridgehead atoms.